The van der Waals surface area contributed by atoms with Crippen LogP contribution in [0, 0.1) is 20.8 Å². The number of rotatable bonds is 0. The summed E-state index contributed by atoms with van der Waals surface area (Å²) in [6, 6.07) is 0. The van der Waals surface area contributed by atoms with E-state index >= 15 is 0 Å². The lowest BCUT2D eigenvalue weighted by Crippen LogP contribution is -2.22. The Hall–Kier alpha value is -4.95. The Bertz CT molecular complexity index is 1950. The number of H-pyrrole nitrogens is 1. The fourth-order valence-electron chi connectivity index (χ4n) is 4.56. The molecule has 0 saturated heterocycles. The van der Waals surface area contributed by atoms with Gasteiger partial charge < -0.3 is 30.2 Å². The van der Waals surface area contributed by atoms with Crippen LogP contribution in [-0.2, 0) is 16.6 Å². The third-order valence-corrected chi connectivity index (χ3v) is 6.76. The number of aromatic nitrogens is 12. The maximum Gasteiger partial charge on any atom is 0.279 e. The summed E-state index contributed by atoms with van der Waals surface area (Å²) in [5.74, 6) is 2.84. The highest BCUT2D eigenvalue weighted by atomic mass is 16.1. The van der Waals surface area contributed by atoms with E-state index in [1.54, 1.807) is 25.9 Å². The standard InChI is InChI=1S/2C10H15N5.C10H14N4O/c2*1-6-13-8(11)7-9(14-6)15(5-12-7)10(2,3)4;1-6-12-8-7(9(15)13-6)11-5-14(8)10(2,3)4/h2*5H,1-4H3,(H2,11,13,14);5H,1-4H3,(H,12,13,15). The number of imidazole rings is 3. The summed E-state index contributed by atoms with van der Waals surface area (Å²) < 4.78 is 5.92. The summed E-state index contributed by atoms with van der Waals surface area (Å²) in [5.41, 5.74) is 15.2. The van der Waals surface area contributed by atoms with Crippen LogP contribution < -0.4 is 17.0 Å². The summed E-state index contributed by atoms with van der Waals surface area (Å²) in [6.45, 7) is 24.2. The highest BCUT2D eigenvalue weighted by Crippen LogP contribution is 2.24. The molecule has 45 heavy (non-hydrogen) atoms. The van der Waals surface area contributed by atoms with E-state index in [4.69, 9.17) is 11.5 Å². The van der Waals surface area contributed by atoms with Crippen molar-refractivity contribution in [2.45, 2.75) is 99.7 Å². The van der Waals surface area contributed by atoms with Crippen molar-refractivity contribution in [3.63, 3.8) is 0 Å². The molecule has 240 valence electrons. The molecule has 0 unspecified atom stereocenters. The average Bonchev–Trinajstić information content (AvgIpc) is 3.60. The molecule has 0 aromatic carbocycles. The zero-order valence-corrected chi connectivity index (χ0v) is 28.2. The molecule has 0 saturated carbocycles. The van der Waals surface area contributed by atoms with Gasteiger partial charge in [0.05, 0.1) is 19.0 Å². The van der Waals surface area contributed by atoms with Gasteiger partial charge in [-0.1, -0.05) is 0 Å². The molecule has 15 nitrogen and oxygen atoms in total. The molecule has 0 spiro atoms. The van der Waals surface area contributed by atoms with E-state index in [0.29, 0.717) is 51.3 Å². The van der Waals surface area contributed by atoms with Gasteiger partial charge in [0.25, 0.3) is 5.56 Å². The topological polar surface area (TPSA) is 203 Å². The Morgan fingerprint density at radius 1 is 0.556 bits per heavy atom. The number of nitrogens with two attached hydrogens (primary N) is 2. The molecule has 5 N–H and O–H groups in total. The Morgan fingerprint density at radius 3 is 1.24 bits per heavy atom. The fourth-order valence-corrected chi connectivity index (χ4v) is 4.56. The normalized spacial score (nSPS) is 12.3. The summed E-state index contributed by atoms with van der Waals surface area (Å²) >= 11 is 0. The second-order valence-electron chi connectivity index (χ2n) is 13.8. The summed E-state index contributed by atoms with van der Waals surface area (Å²) in [4.78, 5) is 48.0. The molecule has 6 rings (SSSR count). The number of aromatic amines is 1. The van der Waals surface area contributed by atoms with Gasteiger partial charge in [0, 0.05) is 16.6 Å². The van der Waals surface area contributed by atoms with Crippen LogP contribution in [0.3, 0.4) is 0 Å². The first-order valence-corrected chi connectivity index (χ1v) is 14.6. The zero-order chi connectivity index (χ0) is 33.6. The van der Waals surface area contributed by atoms with E-state index in [2.05, 4.69) is 86.4 Å². The van der Waals surface area contributed by atoms with Gasteiger partial charge in [-0.05, 0) is 83.1 Å². The second-order valence-corrected chi connectivity index (χ2v) is 13.8. The summed E-state index contributed by atoms with van der Waals surface area (Å²) in [5, 5.41) is 0. The van der Waals surface area contributed by atoms with Gasteiger partial charge in [-0.3, -0.25) is 4.79 Å². The zero-order valence-electron chi connectivity index (χ0n) is 28.2. The van der Waals surface area contributed by atoms with Crippen molar-refractivity contribution < 1.29 is 0 Å². The van der Waals surface area contributed by atoms with Gasteiger partial charge in [0.1, 0.15) is 28.5 Å². The van der Waals surface area contributed by atoms with Gasteiger partial charge in [-0.25, -0.2) is 39.9 Å². The maximum absolute atomic E-state index is 11.6. The molecule has 0 fully saturated rings. The van der Waals surface area contributed by atoms with Crippen molar-refractivity contribution in [3.05, 3.63) is 46.8 Å². The first-order chi connectivity index (χ1) is 20.7. The Balaban J connectivity index is 0.000000154. The third-order valence-electron chi connectivity index (χ3n) is 6.76. The minimum Gasteiger partial charge on any atom is -0.382 e. The van der Waals surface area contributed by atoms with E-state index in [0.717, 1.165) is 11.3 Å². The molecule has 0 bridgehead atoms. The van der Waals surface area contributed by atoms with Crippen molar-refractivity contribution in [3.8, 4) is 0 Å². The monoisotopic (exact) mass is 616 g/mol. The predicted octanol–water partition coefficient (Wildman–Crippen LogP) is 4.13. The molecule has 0 radical (unpaired) electrons. The molecule has 6 aromatic rings. The fraction of sp³-hybridized carbons (Fsp3) is 0.500. The smallest absolute Gasteiger partial charge is 0.279 e. The first-order valence-electron chi connectivity index (χ1n) is 14.6. The Kier molecular flexibility index (Phi) is 8.44. The van der Waals surface area contributed by atoms with Crippen molar-refractivity contribution in [1.82, 2.24) is 58.6 Å². The minimum atomic E-state index is -0.180. The number of nitrogen functional groups attached to an aromatic ring is 2. The van der Waals surface area contributed by atoms with E-state index in [1.807, 2.05) is 48.3 Å². The van der Waals surface area contributed by atoms with Gasteiger partial charge in [-0.2, -0.15) is 0 Å². The average molecular weight is 617 g/mol. The van der Waals surface area contributed by atoms with Gasteiger partial charge in [0.15, 0.2) is 34.1 Å². The van der Waals surface area contributed by atoms with Crippen LogP contribution in [0.15, 0.2) is 23.8 Å². The number of fused-ring (bicyclic) bond motifs is 3. The van der Waals surface area contributed by atoms with Gasteiger partial charge >= 0.3 is 0 Å². The number of hydrogen-bond acceptors (Lipinski definition) is 11. The Labute approximate surface area is 261 Å². The SMILES string of the molecule is Cc1nc(N)c2ncn(C(C)(C)C)c2n1.Cc1nc(N)c2ncn(C(C)(C)C)c2n1.Cc1nc2c(ncn2C(C)(C)C)c(=O)[nH]1. The molecular formula is C30H44N14O. The number of anilines is 2. The molecule has 0 atom stereocenters. The lowest BCUT2D eigenvalue weighted by Gasteiger charge is -2.20. The third kappa shape index (κ3) is 6.91. The molecule has 0 aliphatic heterocycles. The largest absolute Gasteiger partial charge is 0.382 e. The van der Waals surface area contributed by atoms with Crippen LogP contribution >= 0.6 is 0 Å². The van der Waals surface area contributed by atoms with Crippen LogP contribution in [0.1, 0.15) is 79.8 Å². The molecule has 6 aromatic heterocycles. The van der Waals surface area contributed by atoms with Crippen molar-refractivity contribution in [1.29, 1.82) is 0 Å². The number of hydrogen-bond donors (Lipinski definition) is 3. The number of nitrogens with one attached hydrogen (secondary N) is 1. The predicted molar refractivity (Wildman–Crippen MR) is 177 cm³/mol. The first kappa shape index (κ1) is 33.0. The lowest BCUT2D eigenvalue weighted by molar-refractivity contribution is 0.405. The van der Waals surface area contributed by atoms with Crippen molar-refractivity contribution in [2.75, 3.05) is 11.5 Å². The Morgan fingerprint density at radius 2 is 0.889 bits per heavy atom. The van der Waals surface area contributed by atoms with Crippen LogP contribution in [-0.4, -0.2) is 58.6 Å². The van der Waals surface area contributed by atoms with Crippen LogP contribution in [0.5, 0.6) is 0 Å². The summed E-state index contributed by atoms with van der Waals surface area (Å²) in [6.07, 6.45) is 5.18. The number of nitrogens with zero attached hydrogens (tertiary/aromatic N) is 11. The van der Waals surface area contributed by atoms with Crippen LogP contribution in [0.25, 0.3) is 33.5 Å². The molecule has 0 aliphatic rings. The molecular weight excluding hydrogens is 572 g/mol. The van der Waals surface area contributed by atoms with E-state index in [1.165, 1.54) is 0 Å². The maximum atomic E-state index is 11.6. The summed E-state index contributed by atoms with van der Waals surface area (Å²) in [7, 11) is 0. The minimum absolute atomic E-state index is 0.0536. The lowest BCUT2D eigenvalue weighted by atomic mass is 10.1. The van der Waals surface area contributed by atoms with Crippen LogP contribution in [0.4, 0.5) is 11.6 Å². The molecule has 15 heteroatoms. The molecule has 6 heterocycles. The quantitative estimate of drug-likeness (QED) is 0.221. The molecule has 0 amide bonds. The van der Waals surface area contributed by atoms with Crippen molar-refractivity contribution >= 4 is 45.1 Å². The van der Waals surface area contributed by atoms with Gasteiger partial charge in [-0.15, -0.1) is 0 Å². The van der Waals surface area contributed by atoms with E-state index in [9.17, 15) is 4.79 Å². The van der Waals surface area contributed by atoms with Crippen LogP contribution in [0.2, 0.25) is 0 Å². The van der Waals surface area contributed by atoms with E-state index in [-0.39, 0.29) is 22.2 Å². The highest BCUT2D eigenvalue weighted by Gasteiger charge is 2.21. The van der Waals surface area contributed by atoms with Crippen molar-refractivity contribution in [2.24, 2.45) is 0 Å². The number of aryl methyl sites for hydroxylation is 3. The van der Waals surface area contributed by atoms with E-state index < -0.39 is 0 Å². The van der Waals surface area contributed by atoms with Gasteiger partial charge in [0.2, 0.25) is 0 Å². The highest BCUT2D eigenvalue weighted by molar-refractivity contribution is 5.82. The second kappa shape index (κ2) is 11.5. The molecule has 0 aliphatic carbocycles.